The van der Waals surface area contributed by atoms with Crippen molar-refractivity contribution in [2.24, 2.45) is 5.92 Å². The normalized spacial score (nSPS) is 26.3. The Bertz CT molecular complexity index is 142. The molecule has 0 aliphatic carbocycles. The molecular weight excluding hydrogens is 116 g/mol. The lowest BCUT2D eigenvalue weighted by Gasteiger charge is -2.01. The van der Waals surface area contributed by atoms with E-state index >= 15 is 0 Å². The molecule has 0 fully saturated rings. The summed E-state index contributed by atoms with van der Waals surface area (Å²) in [5, 5.41) is 5.23. The summed E-state index contributed by atoms with van der Waals surface area (Å²) in [6.07, 6.45) is 3.63. The summed E-state index contributed by atoms with van der Waals surface area (Å²) in [5.41, 5.74) is 0. The molecule has 50 valence electrons. The highest BCUT2D eigenvalue weighted by molar-refractivity contribution is 5.75. The van der Waals surface area contributed by atoms with Crippen molar-refractivity contribution in [2.75, 3.05) is 6.54 Å². The van der Waals surface area contributed by atoms with Gasteiger partial charge in [0.1, 0.15) is 0 Å². The maximum absolute atomic E-state index is 10.6. The van der Waals surface area contributed by atoms with Gasteiger partial charge < -0.3 is 10.6 Å². The Kier molecular flexibility index (Phi) is 1.72. The van der Waals surface area contributed by atoms with Crippen LogP contribution in [0.25, 0.3) is 0 Å². The predicted octanol–water partition coefficient (Wildman–Crippen LogP) is 0.449. The molecule has 0 saturated carbocycles. The van der Waals surface area contributed by atoms with Crippen LogP contribution in [0, 0.1) is 5.92 Å². The second kappa shape index (κ2) is 2.53. The zero-order valence-electron chi connectivity index (χ0n) is 5.35. The van der Waals surface area contributed by atoms with Crippen LogP contribution in [0.15, 0.2) is 12.3 Å². The van der Waals surface area contributed by atoms with E-state index in [2.05, 4.69) is 10.6 Å². The smallest absolute Gasteiger partial charge is 0.318 e. The van der Waals surface area contributed by atoms with Gasteiger partial charge in [0.2, 0.25) is 0 Å². The van der Waals surface area contributed by atoms with Crippen molar-refractivity contribution in [1.29, 1.82) is 0 Å². The Labute approximate surface area is 54.1 Å². The lowest BCUT2D eigenvalue weighted by atomic mass is 10.2. The van der Waals surface area contributed by atoms with Gasteiger partial charge >= 0.3 is 6.03 Å². The number of urea groups is 1. The van der Waals surface area contributed by atoms with Crippen molar-refractivity contribution in [1.82, 2.24) is 10.6 Å². The molecule has 1 aliphatic rings. The minimum Gasteiger partial charge on any atom is -0.337 e. The summed E-state index contributed by atoms with van der Waals surface area (Å²) in [6, 6.07) is -0.115. The van der Waals surface area contributed by atoms with Crippen LogP contribution in [-0.2, 0) is 0 Å². The number of amides is 2. The van der Waals surface area contributed by atoms with Crippen molar-refractivity contribution >= 4 is 6.03 Å². The maximum Gasteiger partial charge on any atom is 0.318 e. The summed E-state index contributed by atoms with van der Waals surface area (Å²) in [6.45, 7) is 2.77. The van der Waals surface area contributed by atoms with E-state index in [1.54, 1.807) is 6.20 Å². The van der Waals surface area contributed by atoms with E-state index in [1.807, 2.05) is 13.0 Å². The first-order valence-corrected chi connectivity index (χ1v) is 3.00. The summed E-state index contributed by atoms with van der Waals surface area (Å²) < 4.78 is 0. The van der Waals surface area contributed by atoms with E-state index in [1.165, 1.54) is 0 Å². The fourth-order valence-electron chi connectivity index (χ4n) is 0.661. The largest absolute Gasteiger partial charge is 0.337 e. The molecule has 0 spiro atoms. The van der Waals surface area contributed by atoms with Gasteiger partial charge in [-0.2, -0.15) is 0 Å². The molecule has 1 unspecified atom stereocenters. The average molecular weight is 126 g/mol. The van der Waals surface area contributed by atoms with Gasteiger partial charge in [0.15, 0.2) is 0 Å². The fraction of sp³-hybridized carbons (Fsp3) is 0.500. The Morgan fingerprint density at radius 3 is 3.33 bits per heavy atom. The van der Waals surface area contributed by atoms with Crippen LogP contribution < -0.4 is 10.6 Å². The molecule has 1 rings (SSSR count). The molecule has 0 bridgehead atoms. The topological polar surface area (TPSA) is 41.1 Å². The van der Waals surface area contributed by atoms with Crippen molar-refractivity contribution in [3.05, 3.63) is 12.3 Å². The van der Waals surface area contributed by atoms with E-state index in [4.69, 9.17) is 0 Å². The van der Waals surface area contributed by atoms with Gasteiger partial charge in [-0.1, -0.05) is 13.0 Å². The van der Waals surface area contributed by atoms with Gasteiger partial charge in [0.05, 0.1) is 0 Å². The van der Waals surface area contributed by atoms with E-state index in [0.717, 1.165) is 6.54 Å². The first-order valence-electron chi connectivity index (χ1n) is 3.00. The lowest BCUT2D eigenvalue weighted by Crippen LogP contribution is -2.32. The molecule has 3 heteroatoms. The number of hydrogen-bond acceptors (Lipinski definition) is 1. The molecule has 1 atom stereocenters. The third kappa shape index (κ3) is 1.76. The first kappa shape index (κ1) is 6.13. The monoisotopic (exact) mass is 126 g/mol. The Morgan fingerprint density at radius 2 is 2.56 bits per heavy atom. The Hall–Kier alpha value is -0.990. The third-order valence-corrected chi connectivity index (χ3v) is 1.22. The van der Waals surface area contributed by atoms with Crippen molar-refractivity contribution in [3.63, 3.8) is 0 Å². The van der Waals surface area contributed by atoms with Gasteiger partial charge in [-0.25, -0.2) is 4.79 Å². The van der Waals surface area contributed by atoms with E-state index in [9.17, 15) is 4.79 Å². The zero-order valence-corrected chi connectivity index (χ0v) is 5.35. The number of carbonyl (C=O) groups excluding carboxylic acids is 1. The van der Waals surface area contributed by atoms with Crippen LogP contribution in [-0.4, -0.2) is 12.6 Å². The maximum atomic E-state index is 10.6. The minimum absolute atomic E-state index is 0.115. The molecule has 1 heterocycles. The lowest BCUT2D eigenvalue weighted by molar-refractivity contribution is 0.244. The van der Waals surface area contributed by atoms with Crippen LogP contribution in [0.3, 0.4) is 0 Å². The quantitative estimate of drug-likeness (QED) is 0.486. The minimum atomic E-state index is -0.115. The molecular formula is C6H10N2O. The van der Waals surface area contributed by atoms with Crippen molar-refractivity contribution < 1.29 is 4.79 Å². The summed E-state index contributed by atoms with van der Waals surface area (Å²) in [5.74, 6) is 0.434. The molecule has 3 nitrogen and oxygen atoms in total. The highest BCUT2D eigenvalue weighted by Crippen LogP contribution is 1.95. The van der Waals surface area contributed by atoms with Crippen molar-refractivity contribution in [2.45, 2.75) is 6.92 Å². The number of carbonyl (C=O) groups is 1. The molecule has 1 aliphatic heterocycles. The van der Waals surface area contributed by atoms with Crippen molar-refractivity contribution in [3.8, 4) is 0 Å². The van der Waals surface area contributed by atoms with Crippen LogP contribution in [0.5, 0.6) is 0 Å². The van der Waals surface area contributed by atoms with Gasteiger partial charge in [-0.15, -0.1) is 0 Å². The highest BCUT2D eigenvalue weighted by Gasteiger charge is 2.03. The third-order valence-electron chi connectivity index (χ3n) is 1.22. The predicted molar refractivity (Wildman–Crippen MR) is 34.8 cm³/mol. The number of nitrogens with one attached hydrogen (secondary N) is 2. The van der Waals surface area contributed by atoms with E-state index in [-0.39, 0.29) is 6.03 Å². The number of hydrogen-bond donors (Lipinski definition) is 2. The molecule has 0 radical (unpaired) electrons. The SMILES string of the molecule is CC1C=CNC(=O)NC1. The van der Waals surface area contributed by atoms with Crippen LogP contribution >= 0.6 is 0 Å². The van der Waals surface area contributed by atoms with Crippen LogP contribution in [0.1, 0.15) is 6.92 Å². The molecule has 0 aromatic carbocycles. The molecule has 2 N–H and O–H groups in total. The second-order valence-corrected chi connectivity index (χ2v) is 2.19. The van der Waals surface area contributed by atoms with Gasteiger partial charge in [0, 0.05) is 12.7 Å². The molecule has 0 aromatic heterocycles. The van der Waals surface area contributed by atoms with E-state index in [0.29, 0.717) is 5.92 Å². The summed E-state index contributed by atoms with van der Waals surface area (Å²) in [7, 11) is 0. The highest BCUT2D eigenvalue weighted by atomic mass is 16.2. The second-order valence-electron chi connectivity index (χ2n) is 2.19. The number of rotatable bonds is 0. The van der Waals surface area contributed by atoms with Gasteiger partial charge in [0.25, 0.3) is 0 Å². The van der Waals surface area contributed by atoms with Crippen LogP contribution in [0.4, 0.5) is 4.79 Å². The Morgan fingerprint density at radius 1 is 1.78 bits per heavy atom. The molecule has 0 aromatic rings. The zero-order chi connectivity index (χ0) is 6.69. The van der Waals surface area contributed by atoms with Gasteiger partial charge in [-0.3, -0.25) is 0 Å². The fourth-order valence-corrected chi connectivity index (χ4v) is 0.661. The Balaban J connectivity index is 2.48. The summed E-state index contributed by atoms with van der Waals surface area (Å²) in [4.78, 5) is 10.6. The molecule has 9 heavy (non-hydrogen) atoms. The van der Waals surface area contributed by atoms with Crippen LogP contribution in [0.2, 0.25) is 0 Å². The standard InChI is InChI=1S/C6H10N2O/c1-5-2-3-7-6(9)8-4-5/h2-3,5H,4H2,1H3,(H2,7,8,9). The molecule has 2 amide bonds. The van der Waals surface area contributed by atoms with Gasteiger partial charge in [-0.05, 0) is 5.92 Å². The van der Waals surface area contributed by atoms with E-state index < -0.39 is 0 Å². The molecule has 0 saturated heterocycles. The average Bonchev–Trinajstić information content (AvgIpc) is 1.97. The first-order chi connectivity index (χ1) is 4.29. The summed E-state index contributed by atoms with van der Waals surface area (Å²) >= 11 is 0.